The minimum Gasteiger partial charge on any atom is -0.396 e. The molecule has 11 heteroatoms. The quantitative estimate of drug-likeness (QED) is 0.0928. The standard InChI is InChI=1S/C30H47N5O6/c1-18(2)26(35-28(40)22(14-20(5)37)12-9-13-33-30(31)32)25(38)16-23(17-36)29(41)34-24(27(39)19(3)4)15-21-10-7-6-8-11-21/h6-8,10-11,18-19,22-24,26,36H,9,12-17H2,1-5H3,(H,34,41)(H,35,40)(H4,31,32,33)/t22-,23+,24+,26+/m1/s1. The Hall–Kier alpha value is -3.60. The molecule has 228 valence electrons. The molecule has 0 aromatic heterocycles. The number of carbonyl (C=O) groups excluding carboxylic acids is 5. The molecule has 2 amide bonds. The number of aliphatic imine (C=N–C) groups is 1. The summed E-state index contributed by atoms with van der Waals surface area (Å²) in [6, 6.07) is 7.50. The number of hydrogen-bond donors (Lipinski definition) is 5. The van der Waals surface area contributed by atoms with Crippen LogP contribution in [-0.4, -0.2) is 65.5 Å². The number of ketones is 3. The van der Waals surface area contributed by atoms with Crippen molar-refractivity contribution in [2.75, 3.05) is 13.2 Å². The third kappa shape index (κ3) is 13.1. The van der Waals surface area contributed by atoms with Gasteiger partial charge in [-0.05, 0) is 37.7 Å². The first kappa shape index (κ1) is 35.4. The van der Waals surface area contributed by atoms with E-state index < -0.39 is 48.1 Å². The fourth-order valence-corrected chi connectivity index (χ4v) is 4.48. The van der Waals surface area contributed by atoms with Crippen LogP contribution < -0.4 is 22.1 Å². The zero-order valence-corrected chi connectivity index (χ0v) is 24.9. The smallest absolute Gasteiger partial charge is 0.226 e. The van der Waals surface area contributed by atoms with Crippen molar-refractivity contribution in [3.8, 4) is 0 Å². The molecule has 0 saturated heterocycles. The Balaban J connectivity index is 2.97. The molecule has 0 radical (unpaired) electrons. The van der Waals surface area contributed by atoms with Gasteiger partial charge < -0.3 is 32.0 Å². The van der Waals surface area contributed by atoms with Gasteiger partial charge in [-0.3, -0.25) is 24.2 Å². The van der Waals surface area contributed by atoms with Crippen molar-refractivity contribution in [3.63, 3.8) is 0 Å². The van der Waals surface area contributed by atoms with Crippen LogP contribution in [0.1, 0.15) is 65.9 Å². The summed E-state index contributed by atoms with van der Waals surface area (Å²) in [4.78, 5) is 68.1. The average Bonchev–Trinajstić information content (AvgIpc) is 2.90. The lowest BCUT2D eigenvalue weighted by molar-refractivity contribution is -0.136. The van der Waals surface area contributed by atoms with E-state index >= 15 is 0 Å². The van der Waals surface area contributed by atoms with Gasteiger partial charge in [0.25, 0.3) is 0 Å². The Labute approximate surface area is 242 Å². The van der Waals surface area contributed by atoms with Crippen LogP contribution in [0, 0.1) is 23.7 Å². The van der Waals surface area contributed by atoms with E-state index in [0.717, 1.165) is 5.56 Å². The van der Waals surface area contributed by atoms with Crippen molar-refractivity contribution in [2.45, 2.75) is 78.8 Å². The number of nitrogens with zero attached hydrogens (tertiary/aromatic N) is 1. The van der Waals surface area contributed by atoms with Crippen molar-refractivity contribution in [1.82, 2.24) is 10.6 Å². The molecule has 1 aromatic rings. The number of guanidine groups is 1. The number of carbonyl (C=O) groups is 5. The molecule has 7 N–H and O–H groups in total. The van der Waals surface area contributed by atoms with Crippen molar-refractivity contribution in [1.29, 1.82) is 0 Å². The predicted octanol–water partition coefficient (Wildman–Crippen LogP) is 1.30. The lowest BCUT2D eigenvalue weighted by Gasteiger charge is -2.26. The zero-order valence-electron chi connectivity index (χ0n) is 24.9. The normalized spacial score (nSPS) is 14.0. The van der Waals surface area contributed by atoms with Crippen LogP contribution in [-0.2, 0) is 30.4 Å². The first-order valence-corrected chi connectivity index (χ1v) is 14.1. The third-order valence-electron chi connectivity index (χ3n) is 6.77. The van der Waals surface area contributed by atoms with E-state index in [1.54, 1.807) is 27.7 Å². The van der Waals surface area contributed by atoms with E-state index in [0.29, 0.717) is 19.4 Å². The number of amides is 2. The lowest BCUT2D eigenvalue weighted by atomic mass is 9.90. The summed E-state index contributed by atoms with van der Waals surface area (Å²) in [5.41, 5.74) is 11.5. The third-order valence-corrected chi connectivity index (χ3v) is 6.77. The van der Waals surface area contributed by atoms with Gasteiger partial charge in [-0.15, -0.1) is 0 Å². The highest BCUT2D eigenvalue weighted by Gasteiger charge is 2.33. The van der Waals surface area contributed by atoms with Crippen LogP contribution >= 0.6 is 0 Å². The summed E-state index contributed by atoms with van der Waals surface area (Å²) in [7, 11) is 0. The Morgan fingerprint density at radius 1 is 0.902 bits per heavy atom. The van der Waals surface area contributed by atoms with E-state index in [2.05, 4.69) is 15.6 Å². The molecule has 0 aliphatic heterocycles. The Morgan fingerprint density at radius 2 is 1.51 bits per heavy atom. The van der Waals surface area contributed by atoms with Gasteiger partial charge in [0, 0.05) is 31.2 Å². The summed E-state index contributed by atoms with van der Waals surface area (Å²) in [6.45, 7) is 8.09. The lowest BCUT2D eigenvalue weighted by Crippen LogP contribution is -2.50. The van der Waals surface area contributed by atoms with Gasteiger partial charge in [-0.25, -0.2) is 0 Å². The summed E-state index contributed by atoms with van der Waals surface area (Å²) in [5.74, 6) is -4.31. The number of nitrogens with one attached hydrogen (secondary N) is 2. The largest absolute Gasteiger partial charge is 0.396 e. The molecule has 0 saturated carbocycles. The second-order valence-electron chi connectivity index (χ2n) is 11.1. The second kappa shape index (κ2) is 18.0. The van der Waals surface area contributed by atoms with E-state index in [1.165, 1.54) is 6.92 Å². The maximum atomic E-state index is 13.3. The van der Waals surface area contributed by atoms with Crippen LogP contribution in [0.4, 0.5) is 0 Å². The number of rotatable bonds is 19. The van der Waals surface area contributed by atoms with Crippen LogP contribution in [0.3, 0.4) is 0 Å². The molecule has 0 bridgehead atoms. The maximum Gasteiger partial charge on any atom is 0.226 e. The predicted molar refractivity (Wildman–Crippen MR) is 158 cm³/mol. The van der Waals surface area contributed by atoms with Crippen LogP contribution in [0.15, 0.2) is 35.3 Å². The molecular formula is C30H47N5O6. The first-order chi connectivity index (χ1) is 19.3. The number of Topliss-reactive ketones (excluding diaryl/α,β-unsaturated/α-hetero) is 3. The molecule has 4 atom stereocenters. The van der Waals surface area contributed by atoms with Gasteiger partial charge >= 0.3 is 0 Å². The molecule has 0 heterocycles. The number of aliphatic hydroxyl groups is 1. The Morgan fingerprint density at radius 3 is 2.02 bits per heavy atom. The molecule has 1 aromatic carbocycles. The molecule has 1 rings (SSSR count). The summed E-state index contributed by atoms with van der Waals surface area (Å²) < 4.78 is 0. The minimum absolute atomic E-state index is 0.00101. The second-order valence-corrected chi connectivity index (χ2v) is 11.1. The van der Waals surface area contributed by atoms with Gasteiger partial charge in [0.2, 0.25) is 11.8 Å². The van der Waals surface area contributed by atoms with Crippen molar-refractivity contribution in [2.24, 2.45) is 40.1 Å². The van der Waals surface area contributed by atoms with Gasteiger partial charge in [-0.1, -0.05) is 58.0 Å². The fraction of sp³-hybridized carbons (Fsp3) is 0.600. The van der Waals surface area contributed by atoms with Crippen molar-refractivity contribution in [3.05, 3.63) is 35.9 Å². The highest BCUT2D eigenvalue weighted by Crippen LogP contribution is 2.17. The van der Waals surface area contributed by atoms with Gasteiger partial charge in [0.1, 0.15) is 5.78 Å². The maximum absolute atomic E-state index is 13.3. The molecule has 0 aliphatic carbocycles. The van der Waals surface area contributed by atoms with E-state index in [4.69, 9.17) is 11.5 Å². The molecule has 41 heavy (non-hydrogen) atoms. The highest BCUT2D eigenvalue weighted by atomic mass is 16.3. The number of hydrogen-bond acceptors (Lipinski definition) is 7. The topological polar surface area (TPSA) is 194 Å². The Bertz CT molecular complexity index is 1050. The molecule has 0 unspecified atom stereocenters. The Kier molecular flexibility index (Phi) is 15.5. The zero-order chi connectivity index (χ0) is 31.1. The minimum atomic E-state index is -1.11. The first-order valence-electron chi connectivity index (χ1n) is 14.1. The number of nitrogens with two attached hydrogens (primary N) is 2. The van der Waals surface area contributed by atoms with Crippen LogP contribution in [0.5, 0.6) is 0 Å². The van der Waals surface area contributed by atoms with Gasteiger partial charge in [0.15, 0.2) is 17.5 Å². The molecule has 0 spiro atoms. The van der Waals surface area contributed by atoms with Crippen LogP contribution in [0.25, 0.3) is 0 Å². The highest BCUT2D eigenvalue weighted by molar-refractivity contribution is 5.95. The molecule has 0 aliphatic rings. The van der Waals surface area contributed by atoms with Crippen molar-refractivity contribution >= 4 is 35.1 Å². The number of benzene rings is 1. The summed E-state index contributed by atoms with van der Waals surface area (Å²) in [6.07, 6.45) is 0.758. The van der Waals surface area contributed by atoms with Crippen molar-refractivity contribution < 1.29 is 29.1 Å². The van der Waals surface area contributed by atoms with Gasteiger partial charge in [-0.2, -0.15) is 0 Å². The molecule has 11 nitrogen and oxygen atoms in total. The monoisotopic (exact) mass is 573 g/mol. The van der Waals surface area contributed by atoms with Crippen LogP contribution in [0.2, 0.25) is 0 Å². The summed E-state index contributed by atoms with van der Waals surface area (Å²) in [5, 5.41) is 15.5. The molecular weight excluding hydrogens is 526 g/mol. The summed E-state index contributed by atoms with van der Waals surface area (Å²) >= 11 is 0. The SMILES string of the molecule is CC(=O)C[C@@H](CCCN=C(N)N)C(=O)N[C@H](C(=O)C[C@@H](CO)C(=O)N[C@@H](Cc1ccccc1)C(=O)C(C)C)C(C)C. The average molecular weight is 574 g/mol. The van der Waals surface area contributed by atoms with E-state index in [9.17, 15) is 29.1 Å². The van der Waals surface area contributed by atoms with E-state index in [-0.39, 0.29) is 48.6 Å². The number of aliphatic hydroxyl groups excluding tert-OH is 1. The van der Waals surface area contributed by atoms with E-state index in [1.807, 2.05) is 30.3 Å². The van der Waals surface area contributed by atoms with Gasteiger partial charge in [0.05, 0.1) is 24.6 Å². The fourth-order valence-electron chi connectivity index (χ4n) is 4.48. The molecule has 0 fully saturated rings.